The fraction of sp³-hybridized carbons (Fsp3) is 0.625. The predicted molar refractivity (Wildman–Crippen MR) is 81.3 cm³/mol. The summed E-state index contributed by atoms with van der Waals surface area (Å²) in [6, 6.07) is 6.24. The molecule has 0 aromatic heterocycles. The lowest BCUT2D eigenvalue weighted by molar-refractivity contribution is 0.205. The van der Waals surface area contributed by atoms with Crippen molar-refractivity contribution in [2.45, 2.75) is 39.3 Å². The minimum atomic E-state index is 0.271. The molecular formula is C16H26N2O2. The lowest BCUT2D eigenvalue weighted by Crippen LogP contribution is -2.42. The van der Waals surface area contributed by atoms with E-state index in [-0.39, 0.29) is 5.75 Å². The monoisotopic (exact) mass is 278 g/mol. The van der Waals surface area contributed by atoms with Crippen molar-refractivity contribution in [2.24, 2.45) is 0 Å². The van der Waals surface area contributed by atoms with Crippen LogP contribution < -0.4 is 10.1 Å². The summed E-state index contributed by atoms with van der Waals surface area (Å²) >= 11 is 0. The van der Waals surface area contributed by atoms with Gasteiger partial charge in [-0.15, -0.1) is 0 Å². The van der Waals surface area contributed by atoms with Crippen LogP contribution >= 0.6 is 0 Å². The van der Waals surface area contributed by atoms with E-state index < -0.39 is 0 Å². The molecule has 1 saturated heterocycles. The third kappa shape index (κ3) is 3.87. The molecule has 0 saturated carbocycles. The molecule has 1 heterocycles. The number of aromatic hydroxyl groups is 1. The molecule has 1 fully saturated rings. The summed E-state index contributed by atoms with van der Waals surface area (Å²) in [5.74, 6) is 0.848. The number of benzene rings is 1. The topological polar surface area (TPSA) is 44.7 Å². The van der Waals surface area contributed by atoms with E-state index in [4.69, 9.17) is 4.74 Å². The van der Waals surface area contributed by atoms with Gasteiger partial charge < -0.3 is 20.1 Å². The number of nitrogens with zero attached hydrogens (tertiary/aromatic N) is 1. The Bertz CT molecular complexity index is 415. The molecule has 2 N–H and O–H groups in total. The van der Waals surface area contributed by atoms with Crippen LogP contribution in [0.3, 0.4) is 0 Å². The molecule has 0 spiro atoms. The molecule has 1 aliphatic heterocycles. The molecule has 4 heteroatoms. The Morgan fingerprint density at radius 1 is 1.30 bits per heavy atom. The molecule has 0 bridgehead atoms. The standard InChI is InChI=1S/C16H26N2O2/c1-3-18-10-8-14(9-11-18)17-12-13-6-5-7-15(16(13)19)20-4-2/h5-7,14,17,19H,3-4,8-12H2,1-2H3. The highest BCUT2D eigenvalue weighted by atomic mass is 16.5. The quantitative estimate of drug-likeness (QED) is 0.838. The van der Waals surface area contributed by atoms with Gasteiger partial charge in [-0.2, -0.15) is 0 Å². The van der Waals surface area contributed by atoms with Crippen LogP contribution in [0.5, 0.6) is 11.5 Å². The number of piperidine rings is 1. The van der Waals surface area contributed by atoms with E-state index >= 15 is 0 Å². The largest absolute Gasteiger partial charge is 0.504 e. The second kappa shape index (κ2) is 7.50. The summed E-state index contributed by atoms with van der Waals surface area (Å²) < 4.78 is 5.41. The molecule has 0 unspecified atom stereocenters. The van der Waals surface area contributed by atoms with Crippen LogP contribution in [0.25, 0.3) is 0 Å². The highest BCUT2D eigenvalue weighted by molar-refractivity contribution is 5.45. The number of para-hydroxylation sites is 1. The van der Waals surface area contributed by atoms with E-state index in [0.29, 0.717) is 24.9 Å². The van der Waals surface area contributed by atoms with E-state index in [1.165, 1.54) is 25.9 Å². The van der Waals surface area contributed by atoms with Gasteiger partial charge in [0.05, 0.1) is 6.61 Å². The number of hydrogen-bond donors (Lipinski definition) is 2. The lowest BCUT2D eigenvalue weighted by Gasteiger charge is -2.31. The summed E-state index contributed by atoms with van der Waals surface area (Å²) in [5.41, 5.74) is 0.911. The lowest BCUT2D eigenvalue weighted by atomic mass is 10.0. The van der Waals surface area contributed by atoms with Gasteiger partial charge in [0.15, 0.2) is 11.5 Å². The molecule has 0 aliphatic carbocycles. The fourth-order valence-corrected chi connectivity index (χ4v) is 2.69. The Balaban J connectivity index is 1.86. The van der Waals surface area contributed by atoms with E-state index in [1.807, 2.05) is 25.1 Å². The van der Waals surface area contributed by atoms with E-state index in [9.17, 15) is 5.11 Å². The molecule has 1 aromatic rings. The van der Waals surface area contributed by atoms with Crippen molar-refractivity contribution < 1.29 is 9.84 Å². The zero-order valence-corrected chi connectivity index (χ0v) is 12.6. The highest BCUT2D eigenvalue weighted by Crippen LogP contribution is 2.29. The van der Waals surface area contributed by atoms with Crippen molar-refractivity contribution in [3.63, 3.8) is 0 Å². The molecule has 1 aliphatic rings. The van der Waals surface area contributed by atoms with Crippen LogP contribution in [0.15, 0.2) is 18.2 Å². The van der Waals surface area contributed by atoms with E-state index in [1.54, 1.807) is 0 Å². The third-order valence-electron chi connectivity index (χ3n) is 4.00. The van der Waals surface area contributed by atoms with Crippen molar-refractivity contribution in [1.29, 1.82) is 0 Å². The molecule has 4 nitrogen and oxygen atoms in total. The van der Waals surface area contributed by atoms with Gasteiger partial charge in [0.25, 0.3) is 0 Å². The van der Waals surface area contributed by atoms with Crippen LogP contribution in [-0.2, 0) is 6.54 Å². The number of rotatable bonds is 6. The summed E-state index contributed by atoms with van der Waals surface area (Å²) in [6.07, 6.45) is 2.36. The zero-order chi connectivity index (χ0) is 14.4. The predicted octanol–water partition coefficient (Wildman–Crippen LogP) is 2.36. The van der Waals surface area contributed by atoms with Crippen LogP contribution in [0, 0.1) is 0 Å². The Morgan fingerprint density at radius 2 is 2.05 bits per heavy atom. The highest BCUT2D eigenvalue weighted by Gasteiger charge is 2.18. The van der Waals surface area contributed by atoms with Crippen molar-refractivity contribution in [3.05, 3.63) is 23.8 Å². The van der Waals surface area contributed by atoms with Gasteiger partial charge in [0.2, 0.25) is 0 Å². The minimum absolute atomic E-state index is 0.271. The summed E-state index contributed by atoms with van der Waals surface area (Å²) in [5, 5.41) is 13.7. The number of ether oxygens (including phenoxy) is 1. The summed E-state index contributed by atoms with van der Waals surface area (Å²) in [4.78, 5) is 2.48. The normalized spacial score (nSPS) is 17.3. The van der Waals surface area contributed by atoms with Gasteiger partial charge in [0, 0.05) is 18.2 Å². The average Bonchev–Trinajstić information content (AvgIpc) is 2.49. The third-order valence-corrected chi connectivity index (χ3v) is 4.00. The second-order valence-corrected chi connectivity index (χ2v) is 5.29. The SMILES string of the molecule is CCOc1cccc(CNC2CCN(CC)CC2)c1O. The van der Waals surface area contributed by atoms with Gasteiger partial charge in [-0.3, -0.25) is 0 Å². The zero-order valence-electron chi connectivity index (χ0n) is 12.6. The van der Waals surface area contributed by atoms with Gasteiger partial charge in [-0.05, 0) is 45.5 Å². The molecule has 1 aromatic carbocycles. The molecule has 112 valence electrons. The van der Waals surface area contributed by atoms with Gasteiger partial charge in [0.1, 0.15) is 0 Å². The summed E-state index contributed by atoms with van der Waals surface area (Å²) in [6.45, 7) is 8.88. The van der Waals surface area contributed by atoms with Crippen LogP contribution in [0.4, 0.5) is 0 Å². The molecule has 0 amide bonds. The van der Waals surface area contributed by atoms with Crippen LogP contribution in [0.2, 0.25) is 0 Å². The second-order valence-electron chi connectivity index (χ2n) is 5.29. The first-order valence-electron chi connectivity index (χ1n) is 7.64. The minimum Gasteiger partial charge on any atom is -0.504 e. The average molecular weight is 278 g/mol. The van der Waals surface area contributed by atoms with Gasteiger partial charge in [-0.25, -0.2) is 0 Å². The Kier molecular flexibility index (Phi) is 5.68. The maximum atomic E-state index is 10.2. The van der Waals surface area contributed by atoms with Gasteiger partial charge >= 0.3 is 0 Å². The molecule has 20 heavy (non-hydrogen) atoms. The number of hydrogen-bond acceptors (Lipinski definition) is 4. The smallest absolute Gasteiger partial charge is 0.162 e. The van der Waals surface area contributed by atoms with Crippen molar-refractivity contribution in [1.82, 2.24) is 10.2 Å². The number of likely N-dealkylation sites (tertiary alicyclic amines) is 1. The Morgan fingerprint density at radius 3 is 2.70 bits per heavy atom. The van der Waals surface area contributed by atoms with E-state index in [2.05, 4.69) is 17.1 Å². The summed E-state index contributed by atoms with van der Waals surface area (Å²) in [7, 11) is 0. The van der Waals surface area contributed by atoms with Crippen molar-refractivity contribution in [2.75, 3.05) is 26.2 Å². The first-order chi connectivity index (χ1) is 9.74. The maximum Gasteiger partial charge on any atom is 0.162 e. The number of phenols is 1. The molecule has 0 atom stereocenters. The maximum absolute atomic E-state index is 10.2. The van der Waals surface area contributed by atoms with Gasteiger partial charge in [-0.1, -0.05) is 19.1 Å². The Hall–Kier alpha value is -1.26. The number of phenolic OH excluding ortho intramolecular Hbond substituents is 1. The number of nitrogens with one attached hydrogen (secondary N) is 1. The fourth-order valence-electron chi connectivity index (χ4n) is 2.69. The van der Waals surface area contributed by atoms with Crippen molar-refractivity contribution in [3.8, 4) is 11.5 Å². The first-order valence-corrected chi connectivity index (χ1v) is 7.64. The Labute approximate surface area is 121 Å². The van der Waals surface area contributed by atoms with Crippen molar-refractivity contribution >= 4 is 0 Å². The first kappa shape index (κ1) is 15.1. The molecule has 2 rings (SSSR count). The van der Waals surface area contributed by atoms with Crippen LogP contribution in [0.1, 0.15) is 32.3 Å². The molecule has 0 radical (unpaired) electrons. The van der Waals surface area contributed by atoms with E-state index in [0.717, 1.165) is 12.1 Å². The van der Waals surface area contributed by atoms with Crippen LogP contribution in [-0.4, -0.2) is 42.3 Å². The molecular weight excluding hydrogens is 252 g/mol.